The fraction of sp³-hybridized carbons (Fsp3) is 1.00. The second kappa shape index (κ2) is 5.21. The third-order valence-corrected chi connectivity index (χ3v) is 6.95. The highest BCUT2D eigenvalue weighted by Crippen LogP contribution is 2.41. The van der Waals surface area contributed by atoms with Gasteiger partial charge >= 0.3 is 0 Å². The molecule has 0 radical (unpaired) electrons. The Hall–Kier alpha value is 0.230. The molecule has 0 bridgehead atoms. The molecule has 0 aromatic rings. The number of fused-ring (bicyclic) bond motifs is 1. The van der Waals surface area contributed by atoms with Crippen molar-refractivity contribution in [3.05, 3.63) is 0 Å². The van der Waals surface area contributed by atoms with E-state index >= 15 is 0 Å². The molecule has 3 nitrogen and oxygen atoms in total. The number of nitrogens with one attached hydrogen (secondary N) is 1. The van der Waals surface area contributed by atoms with E-state index in [4.69, 9.17) is 4.74 Å². The van der Waals surface area contributed by atoms with Crippen LogP contribution in [0.15, 0.2) is 0 Å². The number of rotatable bonds is 1. The van der Waals surface area contributed by atoms with E-state index in [1.807, 2.05) is 0 Å². The van der Waals surface area contributed by atoms with Crippen LogP contribution in [-0.4, -0.2) is 60.3 Å². The Morgan fingerprint density at radius 3 is 3.16 bits per heavy atom. The molecule has 4 fully saturated rings. The second-order valence-electron chi connectivity index (χ2n) is 6.85. The molecule has 1 spiro atoms. The van der Waals surface area contributed by atoms with Crippen molar-refractivity contribution in [3.8, 4) is 0 Å². The molecule has 4 aliphatic rings. The molecule has 4 rings (SSSR count). The lowest BCUT2D eigenvalue weighted by molar-refractivity contribution is -0.100. The molecule has 0 aliphatic carbocycles. The van der Waals surface area contributed by atoms with E-state index in [0.29, 0.717) is 0 Å². The molecule has 0 aromatic heterocycles. The van der Waals surface area contributed by atoms with Gasteiger partial charge < -0.3 is 10.1 Å². The summed E-state index contributed by atoms with van der Waals surface area (Å²) in [7, 11) is 0. The zero-order valence-corrected chi connectivity index (χ0v) is 12.6. The van der Waals surface area contributed by atoms with Crippen molar-refractivity contribution >= 4 is 11.8 Å². The van der Waals surface area contributed by atoms with Gasteiger partial charge in [0.2, 0.25) is 0 Å². The Morgan fingerprint density at radius 1 is 1.26 bits per heavy atom. The van der Waals surface area contributed by atoms with E-state index < -0.39 is 0 Å². The van der Waals surface area contributed by atoms with E-state index in [1.165, 1.54) is 63.2 Å². The van der Waals surface area contributed by atoms with Crippen molar-refractivity contribution in [3.63, 3.8) is 0 Å². The topological polar surface area (TPSA) is 24.5 Å². The van der Waals surface area contributed by atoms with Crippen molar-refractivity contribution in [1.29, 1.82) is 0 Å². The highest BCUT2D eigenvalue weighted by atomic mass is 32.2. The maximum absolute atomic E-state index is 6.20. The zero-order chi connectivity index (χ0) is 12.7. The minimum Gasteiger partial charge on any atom is -0.374 e. The predicted octanol–water partition coefficient (Wildman–Crippen LogP) is 1.72. The molecule has 4 atom stereocenters. The smallest absolute Gasteiger partial charge is 0.0795 e. The summed E-state index contributed by atoms with van der Waals surface area (Å²) in [6, 6.07) is 1.61. The maximum Gasteiger partial charge on any atom is 0.0795 e. The molecular weight excluding hydrogens is 256 g/mol. The lowest BCUT2D eigenvalue weighted by Gasteiger charge is -2.47. The predicted molar refractivity (Wildman–Crippen MR) is 79.7 cm³/mol. The molecule has 4 unspecified atom stereocenters. The summed E-state index contributed by atoms with van der Waals surface area (Å²) in [4.78, 5) is 2.86. The summed E-state index contributed by atoms with van der Waals surface area (Å²) in [6.45, 7) is 4.80. The van der Waals surface area contributed by atoms with Crippen molar-refractivity contribution in [2.75, 3.05) is 37.7 Å². The van der Waals surface area contributed by atoms with Crippen LogP contribution in [0, 0.1) is 5.92 Å². The van der Waals surface area contributed by atoms with Crippen LogP contribution in [-0.2, 0) is 4.74 Å². The summed E-state index contributed by atoms with van der Waals surface area (Å²) in [6.07, 6.45) is 6.69. The standard InChI is InChI=1S/C15H26N2OS/c1-2-12-9-16-10-14(12)17(5-1)13-3-6-18-15(8-13)4-7-19-11-15/h12-14,16H,1-11H2. The van der Waals surface area contributed by atoms with Crippen LogP contribution >= 0.6 is 11.8 Å². The number of hydrogen-bond acceptors (Lipinski definition) is 4. The average molecular weight is 282 g/mol. The fourth-order valence-corrected chi connectivity index (χ4v) is 6.08. The lowest BCUT2D eigenvalue weighted by atomic mass is 9.84. The molecule has 0 amide bonds. The van der Waals surface area contributed by atoms with Gasteiger partial charge in [0.25, 0.3) is 0 Å². The van der Waals surface area contributed by atoms with Gasteiger partial charge in [-0.15, -0.1) is 0 Å². The first-order valence-electron chi connectivity index (χ1n) is 8.05. The highest BCUT2D eigenvalue weighted by Gasteiger charge is 2.45. The van der Waals surface area contributed by atoms with Gasteiger partial charge in [0, 0.05) is 31.0 Å². The molecule has 19 heavy (non-hydrogen) atoms. The van der Waals surface area contributed by atoms with Crippen molar-refractivity contribution in [1.82, 2.24) is 10.2 Å². The molecular formula is C15H26N2OS. The van der Waals surface area contributed by atoms with Crippen LogP contribution in [0.4, 0.5) is 0 Å². The van der Waals surface area contributed by atoms with Crippen LogP contribution in [0.5, 0.6) is 0 Å². The molecule has 4 saturated heterocycles. The van der Waals surface area contributed by atoms with Crippen LogP contribution < -0.4 is 5.32 Å². The number of likely N-dealkylation sites (tertiary alicyclic amines) is 1. The van der Waals surface area contributed by atoms with Gasteiger partial charge in [-0.05, 0) is 56.9 Å². The summed E-state index contributed by atoms with van der Waals surface area (Å²) in [5.41, 5.74) is 0.243. The maximum atomic E-state index is 6.20. The first-order valence-corrected chi connectivity index (χ1v) is 9.20. The minimum atomic E-state index is 0.243. The van der Waals surface area contributed by atoms with Crippen LogP contribution in [0.25, 0.3) is 0 Å². The van der Waals surface area contributed by atoms with Gasteiger partial charge in [0.15, 0.2) is 0 Å². The fourth-order valence-electron chi connectivity index (χ4n) is 4.71. The van der Waals surface area contributed by atoms with E-state index in [2.05, 4.69) is 22.0 Å². The van der Waals surface area contributed by atoms with E-state index in [1.54, 1.807) is 0 Å². The molecule has 108 valence electrons. The normalized spacial score (nSPS) is 47.7. The summed E-state index contributed by atoms with van der Waals surface area (Å²) in [5, 5.41) is 3.62. The molecule has 4 heterocycles. The third-order valence-electron chi connectivity index (χ3n) is 5.72. The summed E-state index contributed by atoms with van der Waals surface area (Å²) >= 11 is 2.09. The molecule has 4 aliphatic heterocycles. The number of thioether (sulfide) groups is 1. The quantitative estimate of drug-likeness (QED) is 0.791. The van der Waals surface area contributed by atoms with Crippen molar-refractivity contribution in [2.45, 2.75) is 49.8 Å². The largest absolute Gasteiger partial charge is 0.374 e. The minimum absolute atomic E-state index is 0.243. The van der Waals surface area contributed by atoms with E-state index in [9.17, 15) is 0 Å². The first-order chi connectivity index (χ1) is 9.36. The van der Waals surface area contributed by atoms with E-state index in [-0.39, 0.29) is 5.60 Å². The number of ether oxygens (including phenoxy) is 1. The second-order valence-corrected chi connectivity index (χ2v) is 7.95. The Labute approximate surface area is 120 Å². The third kappa shape index (κ3) is 2.35. The first kappa shape index (κ1) is 12.9. The van der Waals surface area contributed by atoms with Gasteiger partial charge in [0.05, 0.1) is 5.60 Å². The summed E-state index contributed by atoms with van der Waals surface area (Å²) < 4.78 is 6.20. The Morgan fingerprint density at radius 2 is 2.26 bits per heavy atom. The van der Waals surface area contributed by atoms with Crippen molar-refractivity contribution < 1.29 is 4.74 Å². The van der Waals surface area contributed by atoms with Gasteiger partial charge in [-0.1, -0.05) is 0 Å². The number of hydrogen-bond donors (Lipinski definition) is 1. The van der Waals surface area contributed by atoms with Gasteiger partial charge in [-0.2, -0.15) is 11.8 Å². The number of piperidine rings is 1. The zero-order valence-electron chi connectivity index (χ0n) is 11.8. The Balaban J connectivity index is 1.48. The van der Waals surface area contributed by atoms with Gasteiger partial charge in [-0.3, -0.25) is 4.90 Å². The highest BCUT2D eigenvalue weighted by molar-refractivity contribution is 7.99. The summed E-state index contributed by atoms with van der Waals surface area (Å²) in [5.74, 6) is 3.47. The van der Waals surface area contributed by atoms with Crippen LogP contribution in [0.2, 0.25) is 0 Å². The van der Waals surface area contributed by atoms with E-state index in [0.717, 1.165) is 24.6 Å². The van der Waals surface area contributed by atoms with Gasteiger partial charge in [0.1, 0.15) is 0 Å². The lowest BCUT2D eigenvalue weighted by Crippen LogP contribution is -2.55. The molecule has 0 aromatic carbocycles. The Kier molecular flexibility index (Phi) is 3.55. The van der Waals surface area contributed by atoms with Crippen LogP contribution in [0.3, 0.4) is 0 Å². The van der Waals surface area contributed by atoms with Crippen LogP contribution in [0.1, 0.15) is 32.1 Å². The average Bonchev–Trinajstić information content (AvgIpc) is 3.07. The van der Waals surface area contributed by atoms with Crippen molar-refractivity contribution in [2.24, 2.45) is 5.92 Å². The monoisotopic (exact) mass is 282 g/mol. The SMILES string of the molecule is C1CC2CNCC2N(C2CCOC3(CCSC3)C2)C1. The number of nitrogens with zero attached hydrogens (tertiary/aromatic N) is 1. The van der Waals surface area contributed by atoms with Gasteiger partial charge in [-0.25, -0.2) is 0 Å². The Bertz CT molecular complexity index is 332. The molecule has 0 saturated carbocycles. The molecule has 1 N–H and O–H groups in total. The molecule has 4 heteroatoms.